The highest BCUT2D eigenvalue weighted by molar-refractivity contribution is 6.05. The lowest BCUT2D eigenvalue weighted by Crippen LogP contribution is -2.49. The molecule has 2 aliphatic rings. The molecule has 1 saturated heterocycles. The molecule has 35 heavy (non-hydrogen) atoms. The van der Waals surface area contributed by atoms with Crippen LogP contribution in [0.2, 0.25) is 0 Å². The summed E-state index contributed by atoms with van der Waals surface area (Å²) < 4.78 is 38.6. The van der Waals surface area contributed by atoms with Gasteiger partial charge in [0, 0.05) is 31.4 Å². The number of nitrogens with one attached hydrogen (secondary N) is 3. The average Bonchev–Trinajstić information content (AvgIpc) is 3.22. The molecule has 0 radical (unpaired) electrons. The molecule has 13 heteroatoms. The molecule has 0 saturated carbocycles. The number of pyridine rings is 2. The molecule has 186 valence electrons. The van der Waals surface area contributed by atoms with Crippen molar-refractivity contribution >= 4 is 35.2 Å². The predicted octanol–water partition coefficient (Wildman–Crippen LogP) is 2.54. The van der Waals surface area contributed by atoms with E-state index in [1.54, 1.807) is 13.0 Å². The number of carbonyl (C=O) groups is 3. The Balaban J connectivity index is 1.60. The van der Waals surface area contributed by atoms with Gasteiger partial charge in [-0.15, -0.1) is 0 Å². The van der Waals surface area contributed by atoms with Gasteiger partial charge in [0.25, 0.3) is 11.8 Å². The predicted molar refractivity (Wildman–Crippen MR) is 122 cm³/mol. The largest absolute Gasteiger partial charge is 0.408 e. The summed E-state index contributed by atoms with van der Waals surface area (Å²) in [5.41, 5.74) is 0.675. The molecular weight excluding hydrogens is 467 g/mol. The number of urea groups is 1. The third kappa shape index (κ3) is 4.98. The maximum absolute atomic E-state index is 13.3. The van der Waals surface area contributed by atoms with E-state index in [0.29, 0.717) is 37.3 Å². The SMILES string of the molecule is CCNC(=O)c1ccnc(NC(=O)N2c3nc(C(=O)N[C@H](C)C(F)(F)F)ccc3N3CCC2C3)c1. The molecule has 4 heterocycles. The molecular formula is C22H24F3N7O3. The van der Waals surface area contributed by atoms with E-state index >= 15 is 0 Å². The monoisotopic (exact) mass is 491 g/mol. The molecule has 2 aromatic rings. The van der Waals surface area contributed by atoms with Crippen LogP contribution in [0.4, 0.5) is 35.3 Å². The minimum atomic E-state index is -4.60. The van der Waals surface area contributed by atoms with Gasteiger partial charge in [-0.25, -0.2) is 14.8 Å². The highest BCUT2D eigenvalue weighted by atomic mass is 19.4. The topological polar surface area (TPSA) is 120 Å². The minimum absolute atomic E-state index is 0.147. The first-order chi connectivity index (χ1) is 16.6. The number of carbonyl (C=O) groups excluding carboxylic acids is 3. The third-order valence-electron chi connectivity index (χ3n) is 5.84. The van der Waals surface area contributed by atoms with E-state index in [-0.39, 0.29) is 29.3 Å². The second-order valence-electron chi connectivity index (χ2n) is 8.25. The number of anilines is 3. The first-order valence-electron chi connectivity index (χ1n) is 11.1. The Labute approximate surface area is 198 Å². The second kappa shape index (κ2) is 9.39. The van der Waals surface area contributed by atoms with Crippen molar-refractivity contribution in [3.05, 3.63) is 41.7 Å². The summed E-state index contributed by atoms with van der Waals surface area (Å²) in [4.78, 5) is 49.6. The molecule has 2 bridgehead atoms. The van der Waals surface area contributed by atoms with Crippen LogP contribution in [0.15, 0.2) is 30.5 Å². The lowest BCUT2D eigenvalue weighted by molar-refractivity contribution is -0.149. The van der Waals surface area contributed by atoms with Crippen molar-refractivity contribution in [3.8, 4) is 0 Å². The molecule has 2 aromatic heterocycles. The molecule has 2 atom stereocenters. The van der Waals surface area contributed by atoms with E-state index in [0.717, 1.165) is 6.92 Å². The van der Waals surface area contributed by atoms with Gasteiger partial charge in [0.1, 0.15) is 17.6 Å². The molecule has 2 aliphatic heterocycles. The van der Waals surface area contributed by atoms with Crippen LogP contribution in [0.5, 0.6) is 0 Å². The van der Waals surface area contributed by atoms with Crippen molar-refractivity contribution in [2.45, 2.75) is 38.5 Å². The summed E-state index contributed by atoms with van der Waals surface area (Å²) in [5, 5.41) is 7.21. The zero-order chi connectivity index (χ0) is 25.3. The van der Waals surface area contributed by atoms with Gasteiger partial charge in [-0.1, -0.05) is 0 Å². The molecule has 0 spiro atoms. The Kier molecular flexibility index (Phi) is 6.50. The molecule has 0 aliphatic carbocycles. The Morgan fingerprint density at radius 3 is 2.69 bits per heavy atom. The Hall–Kier alpha value is -3.90. The molecule has 10 nitrogen and oxygen atoms in total. The van der Waals surface area contributed by atoms with Crippen molar-refractivity contribution in [2.75, 3.05) is 34.8 Å². The zero-order valence-corrected chi connectivity index (χ0v) is 19.0. The number of aromatic nitrogens is 2. The fraction of sp³-hybridized carbons (Fsp3) is 0.409. The lowest BCUT2D eigenvalue weighted by Gasteiger charge is -2.35. The summed E-state index contributed by atoms with van der Waals surface area (Å²) >= 11 is 0. The van der Waals surface area contributed by atoms with E-state index in [1.165, 1.54) is 29.3 Å². The fourth-order valence-electron chi connectivity index (χ4n) is 4.02. The van der Waals surface area contributed by atoms with Gasteiger partial charge in [-0.05, 0) is 44.5 Å². The summed E-state index contributed by atoms with van der Waals surface area (Å²) in [5.74, 6) is -0.996. The number of rotatable bonds is 5. The van der Waals surface area contributed by atoms with Crippen molar-refractivity contribution in [1.29, 1.82) is 0 Å². The van der Waals surface area contributed by atoms with Gasteiger partial charge in [-0.2, -0.15) is 13.2 Å². The number of hydrogen-bond acceptors (Lipinski definition) is 6. The van der Waals surface area contributed by atoms with Gasteiger partial charge in [-0.3, -0.25) is 19.8 Å². The van der Waals surface area contributed by atoms with Crippen LogP contribution in [0.1, 0.15) is 41.1 Å². The quantitative estimate of drug-likeness (QED) is 0.592. The normalized spacial score (nSPS) is 17.5. The van der Waals surface area contributed by atoms with Crippen LogP contribution in [0.25, 0.3) is 0 Å². The standard InChI is InChI=1S/C22H24F3N7O3/c1-3-26-19(33)13-6-8-27-17(10-13)30-21(35)32-14-7-9-31(11-14)16-5-4-15(29-18(16)32)20(34)28-12(2)22(23,24)25/h4-6,8,10,12,14H,3,7,9,11H2,1-2H3,(H,26,33)(H,28,34)(H,27,30,35)/t12-,14?/m1/s1. The maximum atomic E-state index is 13.3. The smallest absolute Gasteiger partial charge is 0.366 e. The van der Waals surface area contributed by atoms with Crippen molar-refractivity contribution in [2.24, 2.45) is 0 Å². The fourth-order valence-corrected chi connectivity index (χ4v) is 4.02. The van der Waals surface area contributed by atoms with E-state index in [1.807, 2.05) is 10.2 Å². The minimum Gasteiger partial charge on any atom is -0.366 e. The van der Waals surface area contributed by atoms with Crippen molar-refractivity contribution in [3.63, 3.8) is 0 Å². The van der Waals surface area contributed by atoms with E-state index in [4.69, 9.17) is 0 Å². The number of alkyl halides is 3. The van der Waals surface area contributed by atoms with Crippen LogP contribution < -0.4 is 25.8 Å². The van der Waals surface area contributed by atoms with Crippen molar-refractivity contribution < 1.29 is 27.6 Å². The van der Waals surface area contributed by atoms with Gasteiger partial charge in [0.15, 0.2) is 5.82 Å². The van der Waals surface area contributed by atoms with Crippen LogP contribution in [-0.4, -0.2) is 65.7 Å². The Morgan fingerprint density at radius 1 is 1.20 bits per heavy atom. The van der Waals surface area contributed by atoms with E-state index in [2.05, 4.69) is 20.6 Å². The highest BCUT2D eigenvalue weighted by Gasteiger charge is 2.41. The first kappa shape index (κ1) is 24.2. The number of nitrogens with zero attached hydrogens (tertiary/aromatic N) is 4. The summed E-state index contributed by atoms with van der Waals surface area (Å²) in [6, 6.07) is 2.97. The molecule has 3 N–H and O–H groups in total. The van der Waals surface area contributed by atoms with Crippen molar-refractivity contribution in [1.82, 2.24) is 20.6 Å². The first-order valence-corrected chi connectivity index (χ1v) is 11.1. The number of halogens is 3. The Bertz CT molecular complexity index is 1160. The van der Waals surface area contributed by atoms with Crippen LogP contribution in [0.3, 0.4) is 0 Å². The summed E-state index contributed by atoms with van der Waals surface area (Å²) in [6.07, 6.45) is -2.57. The summed E-state index contributed by atoms with van der Waals surface area (Å²) in [6.45, 7) is 4.26. The molecule has 4 amide bonds. The molecule has 1 fully saturated rings. The van der Waals surface area contributed by atoms with Gasteiger partial charge in [0.2, 0.25) is 0 Å². The number of fused-ring (bicyclic) bond motifs is 4. The second-order valence-corrected chi connectivity index (χ2v) is 8.25. The van der Waals surface area contributed by atoms with Crippen LogP contribution >= 0.6 is 0 Å². The van der Waals surface area contributed by atoms with Crippen LogP contribution in [0, 0.1) is 0 Å². The Morgan fingerprint density at radius 2 is 1.97 bits per heavy atom. The van der Waals surface area contributed by atoms with Gasteiger partial charge < -0.3 is 15.5 Å². The van der Waals surface area contributed by atoms with Gasteiger partial charge in [0.05, 0.1) is 11.7 Å². The highest BCUT2D eigenvalue weighted by Crippen LogP contribution is 2.39. The number of amides is 4. The molecule has 0 aromatic carbocycles. The molecule has 1 unspecified atom stereocenters. The number of hydrogen-bond donors (Lipinski definition) is 3. The van der Waals surface area contributed by atoms with Gasteiger partial charge >= 0.3 is 12.2 Å². The molecule has 4 rings (SSSR count). The third-order valence-corrected chi connectivity index (χ3v) is 5.84. The maximum Gasteiger partial charge on any atom is 0.408 e. The summed E-state index contributed by atoms with van der Waals surface area (Å²) in [7, 11) is 0. The lowest BCUT2D eigenvalue weighted by atomic mass is 10.1. The zero-order valence-electron chi connectivity index (χ0n) is 19.0. The van der Waals surface area contributed by atoms with E-state index in [9.17, 15) is 27.6 Å². The average molecular weight is 491 g/mol. The van der Waals surface area contributed by atoms with Crippen LogP contribution in [-0.2, 0) is 0 Å². The van der Waals surface area contributed by atoms with E-state index < -0.39 is 24.2 Å².